The summed E-state index contributed by atoms with van der Waals surface area (Å²) in [6, 6.07) is 5.76. The predicted octanol–water partition coefficient (Wildman–Crippen LogP) is -3.48. The fourth-order valence-electron chi connectivity index (χ4n) is 7.05. The number of hydrogen-bond acceptors (Lipinski definition) is 5. The molecule has 1 aromatic heterocycles. The number of alkyl halides is 3. The zero-order chi connectivity index (χ0) is 42.3. The molecule has 0 atom stereocenters. The number of rotatable bonds is 13. The fraction of sp³-hybridized carbons (Fsp3) is 0.361. The standard InChI is InChI=1S/C36H28B10F4N4O2S/c1-3-52(4-2)12-13-53(14-19-24(37)26(39)21(27(40)25(19)38)22-28(41)30(43)23(36(48,49)50)31(44)29(22)42)33(56)35(45,46)54-20-7-5-6-18(20)32(55)51-34(54)57-15-16-8-10-17(47)11-9-16/h8-11H,3-7,12-15H2,1-2H3. The Morgan fingerprint density at radius 3 is 1.84 bits per heavy atom. The third-order valence-electron chi connectivity index (χ3n) is 10.3. The lowest BCUT2D eigenvalue weighted by Crippen LogP contribution is -2.56. The molecule has 3 aromatic carbocycles. The minimum Gasteiger partial charge on any atom is -0.336 e. The molecule has 0 unspecified atom stereocenters. The molecular formula is C36H28B10F4N4O2S. The molecule has 21 heteroatoms. The van der Waals surface area contributed by atoms with Crippen molar-refractivity contribution in [3.63, 3.8) is 0 Å². The first kappa shape index (κ1) is 44.8. The van der Waals surface area contributed by atoms with Gasteiger partial charge in [-0.2, -0.15) is 18.2 Å². The van der Waals surface area contributed by atoms with Crippen molar-refractivity contribution in [3.8, 4) is 11.1 Å². The minimum absolute atomic E-state index is 0.0385. The van der Waals surface area contributed by atoms with E-state index in [0.717, 1.165) is 11.8 Å². The molecule has 1 aliphatic carbocycles. The Kier molecular flexibility index (Phi) is 13.8. The molecule has 1 heterocycles. The van der Waals surface area contributed by atoms with E-state index in [-0.39, 0.29) is 62.5 Å². The van der Waals surface area contributed by atoms with E-state index in [1.165, 1.54) is 21.6 Å². The number of nitrogens with zero attached hydrogens (tertiary/aromatic N) is 4. The van der Waals surface area contributed by atoms with Gasteiger partial charge in [0.25, 0.3) is 5.56 Å². The second kappa shape index (κ2) is 17.5. The fourth-order valence-corrected chi connectivity index (χ4v) is 8.08. The monoisotopic (exact) mass is 766 g/mol. The van der Waals surface area contributed by atoms with Gasteiger partial charge in [-0.1, -0.05) is 81.4 Å². The Hall–Kier alpha value is -3.31. The van der Waals surface area contributed by atoms with Crippen LogP contribution in [0.4, 0.5) is 17.6 Å². The van der Waals surface area contributed by atoms with Crippen molar-refractivity contribution >= 4 is 140 Å². The Bertz CT molecular complexity index is 2210. The summed E-state index contributed by atoms with van der Waals surface area (Å²) in [7, 11) is 63.8. The lowest BCUT2D eigenvalue weighted by molar-refractivity contribution is -0.136. The van der Waals surface area contributed by atoms with E-state index in [2.05, 4.69) is 4.98 Å². The first-order valence-corrected chi connectivity index (χ1v) is 18.9. The average Bonchev–Trinajstić information content (AvgIpc) is 3.65. The number of aromatic nitrogens is 2. The quantitative estimate of drug-likeness (QED) is 0.0614. The van der Waals surface area contributed by atoms with E-state index in [1.807, 2.05) is 18.7 Å². The average molecular weight is 765 g/mol. The lowest BCUT2D eigenvalue weighted by atomic mass is 9.57. The van der Waals surface area contributed by atoms with Crippen molar-refractivity contribution < 1.29 is 22.4 Å². The van der Waals surface area contributed by atoms with E-state index in [0.29, 0.717) is 55.7 Å². The van der Waals surface area contributed by atoms with Crippen LogP contribution in [-0.4, -0.2) is 130 Å². The number of amides is 1. The van der Waals surface area contributed by atoms with Gasteiger partial charge in [-0.3, -0.25) is 9.59 Å². The summed E-state index contributed by atoms with van der Waals surface area (Å²) in [6.07, 6.45) is -3.61. The molecule has 0 fully saturated rings. The van der Waals surface area contributed by atoms with E-state index < -0.39 is 56.2 Å². The van der Waals surface area contributed by atoms with Gasteiger partial charge in [-0.15, -0.1) is 0 Å². The molecular weight excluding hydrogens is 737 g/mol. The van der Waals surface area contributed by atoms with Gasteiger partial charge in [0.2, 0.25) is 5.91 Å². The summed E-state index contributed by atoms with van der Waals surface area (Å²) in [5.41, 5.74) is -4.77. The molecule has 1 amide bonds. The highest BCUT2D eigenvalue weighted by molar-refractivity contribution is 7.98. The molecule has 57 heavy (non-hydrogen) atoms. The zero-order valence-corrected chi connectivity index (χ0v) is 32.3. The number of thioether (sulfide) groups is 1. The minimum atomic E-state index is -5.00. The molecule has 0 N–H and O–H groups in total. The summed E-state index contributed by atoms with van der Waals surface area (Å²) in [6.45, 7) is 5.20. The molecule has 4 aromatic rings. The van der Waals surface area contributed by atoms with Crippen LogP contribution in [0.5, 0.6) is 0 Å². The van der Waals surface area contributed by atoms with Crippen molar-refractivity contribution in [3.05, 3.63) is 68.4 Å². The van der Waals surface area contributed by atoms with Gasteiger partial charge >= 0.3 is 6.18 Å². The highest BCUT2D eigenvalue weighted by Gasteiger charge is 2.39. The maximum atomic E-state index is 14.8. The molecule has 20 radical (unpaired) electrons. The third-order valence-corrected chi connectivity index (χ3v) is 11.3. The van der Waals surface area contributed by atoms with Crippen molar-refractivity contribution in [2.24, 2.45) is 0 Å². The molecule has 0 bridgehead atoms. The number of likely N-dealkylation sites (N-methyl/N-ethyl adjacent to an activating group) is 1. The number of carbonyl (C=O) groups excluding carboxylic acids is 1. The summed E-state index contributed by atoms with van der Waals surface area (Å²) in [4.78, 5) is 35.7. The Labute approximate surface area is 348 Å². The van der Waals surface area contributed by atoms with Gasteiger partial charge in [-0.05, 0) is 66.7 Å². The van der Waals surface area contributed by atoms with Crippen molar-refractivity contribution in [1.29, 1.82) is 0 Å². The van der Waals surface area contributed by atoms with Crippen LogP contribution < -0.4 is 49.3 Å². The first-order valence-electron chi connectivity index (χ1n) is 17.9. The van der Waals surface area contributed by atoms with Crippen LogP contribution in [0, 0.1) is 5.82 Å². The number of carbonyl (C=O) groups is 1. The number of hydrogen-bond donors (Lipinski definition) is 0. The summed E-state index contributed by atoms with van der Waals surface area (Å²) in [5, 5.41) is -2.25. The molecule has 6 nitrogen and oxygen atoms in total. The lowest BCUT2D eigenvalue weighted by Gasteiger charge is -2.39. The Morgan fingerprint density at radius 1 is 0.807 bits per heavy atom. The van der Waals surface area contributed by atoms with Crippen LogP contribution in [-0.2, 0) is 41.4 Å². The maximum absolute atomic E-state index is 14.8. The summed E-state index contributed by atoms with van der Waals surface area (Å²) < 4.78 is 56.6. The van der Waals surface area contributed by atoms with Crippen LogP contribution in [0.2, 0.25) is 0 Å². The topological polar surface area (TPSA) is 58.4 Å². The summed E-state index contributed by atoms with van der Waals surface area (Å²) in [5.74, 6) is -0.990. The molecule has 0 saturated carbocycles. The van der Waals surface area contributed by atoms with Crippen molar-refractivity contribution in [2.45, 2.75) is 62.1 Å². The van der Waals surface area contributed by atoms with Crippen LogP contribution in [0.3, 0.4) is 0 Å². The van der Waals surface area contributed by atoms with Gasteiger partial charge in [-0.25, -0.2) is 4.39 Å². The van der Waals surface area contributed by atoms with E-state index >= 15 is 0 Å². The smallest absolute Gasteiger partial charge is 0.336 e. The van der Waals surface area contributed by atoms with E-state index in [9.17, 15) is 27.2 Å². The molecule has 0 spiro atoms. The van der Waals surface area contributed by atoms with Gasteiger partial charge in [0, 0.05) is 47.5 Å². The first-order chi connectivity index (χ1) is 26.7. The van der Waals surface area contributed by atoms with Crippen LogP contribution in [0.25, 0.3) is 11.1 Å². The molecule has 1 aliphatic rings. The van der Waals surface area contributed by atoms with E-state index in [4.69, 9.17) is 78.5 Å². The SMILES string of the molecule is [B]c1c([B])c(-c2c([B])c([B])c(C(F)(F)F)c([B])c2[B])c([B])c([B])c1CN(CCN(CC)CC)C(=O)C([B])([B])n1c(SCc2ccc(F)cc2)nc(=O)c2c1CCC2. The number of halogens is 4. The van der Waals surface area contributed by atoms with Gasteiger partial charge in [0.05, 0.1) is 0 Å². The third kappa shape index (κ3) is 8.71. The highest BCUT2D eigenvalue weighted by Crippen LogP contribution is 2.31. The molecule has 0 saturated heterocycles. The van der Waals surface area contributed by atoms with Crippen LogP contribution in [0.1, 0.15) is 48.2 Å². The van der Waals surface area contributed by atoms with Crippen LogP contribution in [0.15, 0.2) is 34.2 Å². The molecule has 268 valence electrons. The van der Waals surface area contributed by atoms with Gasteiger partial charge in [0.15, 0.2) is 5.16 Å². The largest absolute Gasteiger partial charge is 0.415 e. The zero-order valence-electron chi connectivity index (χ0n) is 31.5. The highest BCUT2D eigenvalue weighted by atomic mass is 32.2. The number of fused-ring (bicyclic) bond motifs is 1. The second-order valence-corrected chi connectivity index (χ2v) is 14.7. The Balaban J connectivity index is 1.62. The summed E-state index contributed by atoms with van der Waals surface area (Å²) >= 11 is 1.10. The van der Waals surface area contributed by atoms with Crippen molar-refractivity contribution in [2.75, 3.05) is 26.2 Å². The second-order valence-electron chi connectivity index (χ2n) is 13.7. The predicted molar refractivity (Wildman–Crippen MR) is 229 cm³/mol. The van der Waals surface area contributed by atoms with E-state index in [1.54, 1.807) is 12.1 Å². The molecule has 0 aliphatic heterocycles. The van der Waals surface area contributed by atoms with Gasteiger partial charge < -0.3 is 14.4 Å². The van der Waals surface area contributed by atoms with Crippen LogP contribution >= 0.6 is 11.8 Å². The maximum Gasteiger partial charge on any atom is 0.415 e. The normalized spacial score (nSPS) is 13.0. The molecule has 5 rings (SSSR count). The Morgan fingerprint density at radius 2 is 1.33 bits per heavy atom. The number of benzene rings is 3. The van der Waals surface area contributed by atoms with Gasteiger partial charge in [0.1, 0.15) is 84.3 Å². The van der Waals surface area contributed by atoms with Crippen molar-refractivity contribution in [1.82, 2.24) is 19.4 Å².